The van der Waals surface area contributed by atoms with Crippen LogP contribution in [-0.2, 0) is 4.79 Å². The number of likely N-dealkylation sites (tertiary alicyclic amines) is 1. The monoisotopic (exact) mass is 282 g/mol. The van der Waals surface area contributed by atoms with Crippen molar-refractivity contribution < 1.29 is 4.79 Å². The molecule has 1 unspecified atom stereocenters. The quantitative estimate of drug-likeness (QED) is 0.920. The van der Waals surface area contributed by atoms with E-state index in [9.17, 15) is 10.1 Å². The molecule has 1 aromatic carbocycles. The number of amides is 1. The number of nitrogens with zero attached hydrogens (tertiary/aromatic N) is 3. The summed E-state index contributed by atoms with van der Waals surface area (Å²) in [4.78, 5) is 22.3. The predicted molar refractivity (Wildman–Crippen MR) is 79.2 cm³/mol. The number of aromatic nitrogens is 2. The van der Waals surface area contributed by atoms with Crippen LogP contribution in [0, 0.1) is 16.7 Å². The van der Waals surface area contributed by atoms with Crippen LogP contribution in [0.4, 0.5) is 0 Å². The first-order chi connectivity index (χ1) is 10.0. The van der Waals surface area contributed by atoms with E-state index in [4.69, 9.17) is 0 Å². The van der Waals surface area contributed by atoms with Crippen molar-refractivity contribution in [2.45, 2.75) is 32.7 Å². The van der Waals surface area contributed by atoms with Crippen molar-refractivity contribution in [3.05, 3.63) is 30.1 Å². The molecule has 21 heavy (non-hydrogen) atoms. The Morgan fingerprint density at radius 1 is 1.48 bits per heavy atom. The molecule has 0 aliphatic carbocycles. The molecule has 1 aliphatic rings. The molecule has 1 amide bonds. The molecule has 1 aromatic heterocycles. The van der Waals surface area contributed by atoms with Crippen LogP contribution in [0.2, 0.25) is 0 Å². The summed E-state index contributed by atoms with van der Waals surface area (Å²) in [5, 5.41) is 9.18. The summed E-state index contributed by atoms with van der Waals surface area (Å²) in [6.45, 7) is 4.03. The average molecular weight is 282 g/mol. The number of para-hydroxylation sites is 2. The molecular formula is C16H18N4O. The van der Waals surface area contributed by atoms with E-state index < -0.39 is 5.41 Å². The van der Waals surface area contributed by atoms with E-state index >= 15 is 0 Å². The molecular weight excluding hydrogens is 264 g/mol. The van der Waals surface area contributed by atoms with Crippen LogP contribution in [0.1, 0.15) is 38.6 Å². The number of aromatic amines is 1. The van der Waals surface area contributed by atoms with Gasteiger partial charge in [-0.3, -0.25) is 4.79 Å². The number of carbonyl (C=O) groups excluding carboxylic acids is 1. The lowest BCUT2D eigenvalue weighted by atomic mass is 9.93. The Labute approximate surface area is 123 Å². The molecule has 3 rings (SSSR count). The Morgan fingerprint density at radius 3 is 2.95 bits per heavy atom. The van der Waals surface area contributed by atoms with Gasteiger partial charge in [0.15, 0.2) is 0 Å². The Balaban J connectivity index is 1.94. The van der Waals surface area contributed by atoms with Gasteiger partial charge in [-0.15, -0.1) is 0 Å². The van der Waals surface area contributed by atoms with Crippen molar-refractivity contribution in [2.75, 3.05) is 6.54 Å². The van der Waals surface area contributed by atoms with Crippen molar-refractivity contribution in [3.63, 3.8) is 0 Å². The maximum atomic E-state index is 12.6. The summed E-state index contributed by atoms with van der Waals surface area (Å²) in [6, 6.07) is 9.88. The average Bonchev–Trinajstić information content (AvgIpc) is 3.12. The smallest absolute Gasteiger partial charge is 0.243 e. The second-order valence-corrected chi connectivity index (χ2v) is 6.03. The zero-order chi connectivity index (χ0) is 15.0. The molecule has 0 bridgehead atoms. The third-order valence-corrected chi connectivity index (χ3v) is 4.05. The summed E-state index contributed by atoms with van der Waals surface area (Å²) in [7, 11) is 0. The Bertz CT molecular complexity index is 692. The Kier molecular flexibility index (Phi) is 3.17. The first kappa shape index (κ1) is 13.6. The summed E-state index contributed by atoms with van der Waals surface area (Å²) in [5.41, 5.74) is 0.895. The first-order valence-electron chi connectivity index (χ1n) is 7.20. The van der Waals surface area contributed by atoms with Gasteiger partial charge in [0, 0.05) is 6.54 Å². The molecule has 5 nitrogen and oxygen atoms in total. The number of carbonyl (C=O) groups is 1. The lowest BCUT2D eigenvalue weighted by molar-refractivity contribution is -0.138. The highest BCUT2D eigenvalue weighted by molar-refractivity contribution is 5.85. The second-order valence-electron chi connectivity index (χ2n) is 6.03. The fourth-order valence-corrected chi connectivity index (χ4v) is 2.83. The largest absolute Gasteiger partial charge is 0.340 e. The second kappa shape index (κ2) is 4.88. The summed E-state index contributed by atoms with van der Waals surface area (Å²) < 4.78 is 0. The number of H-pyrrole nitrogens is 1. The van der Waals surface area contributed by atoms with Gasteiger partial charge in [0.25, 0.3) is 0 Å². The lowest BCUT2D eigenvalue weighted by Crippen LogP contribution is -2.40. The normalized spacial score (nSPS) is 18.9. The lowest BCUT2D eigenvalue weighted by Gasteiger charge is -2.28. The highest BCUT2D eigenvalue weighted by atomic mass is 16.2. The van der Waals surface area contributed by atoms with Crippen LogP contribution in [0.5, 0.6) is 0 Å². The fraction of sp³-hybridized carbons (Fsp3) is 0.438. The van der Waals surface area contributed by atoms with Gasteiger partial charge in [-0.05, 0) is 38.8 Å². The Morgan fingerprint density at radius 2 is 2.24 bits per heavy atom. The topological polar surface area (TPSA) is 72.8 Å². The van der Waals surface area contributed by atoms with Crippen LogP contribution in [0.15, 0.2) is 24.3 Å². The van der Waals surface area contributed by atoms with Gasteiger partial charge in [0.05, 0.1) is 23.1 Å². The molecule has 108 valence electrons. The minimum absolute atomic E-state index is 0.0578. The highest BCUT2D eigenvalue weighted by Gasteiger charge is 2.39. The Hall–Kier alpha value is -2.35. The molecule has 2 heterocycles. The third kappa shape index (κ3) is 2.27. The number of hydrogen-bond donors (Lipinski definition) is 1. The van der Waals surface area contributed by atoms with Crippen LogP contribution in [0.25, 0.3) is 11.0 Å². The predicted octanol–water partition coefficient (Wildman–Crippen LogP) is 2.78. The van der Waals surface area contributed by atoms with Crippen LogP contribution in [-0.4, -0.2) is 27.3 Å². The van der Waals surface area contributed by atoms with E-state index in [-0.39, 0.29) is 11.9 Å². The SMILES string of the molecule is CC(C)(C#N)C(=O)N1CCCC1c1nc2ccccc2[nH]1. The molecule has 0 saturated carbocycles. The van der Waals surface area contributed by atoms with Gasteiger partial charge in [0.1, 0.15) is 11.2 Å². The highest BCUT2D eigenvalue weighted by Crippen LogP contribution is 2.34. The number of rotatable bonds is 2. The molecule has 1 N–H and O–H groups in total. The standard InChI is InChI=1S/C16H18N4O/c1-16(2,10-17)15(21)20-9-5-8-13(20)14-18-11-6-3-4-7-12(11)19-14/h3-4,6-7,13H,5,8-9H2,1-2H3,(H,18,19). The minimum Gasteiger partial charge on any atom is -0.340 e. The van der Waals surface area contributed by atoms with Gasteiger partial charge in [-0.1, -0.05) is 12.1 Å². The number of nitriles is 1. The van der Waals surface area contributed by atoms with E-state index in [1.165, 1.54) is 0 Å². The maximum Gasteiger partial charge on any atom is 0.243 e. The van der Waals surface area contributed by atoms with Crippen LogP contribution in [0.3, 0.4) is 0 Å². The minimum atomic E-state index is -0.991. The van der Waals surface area contributed by atoms with Crippen LogP contribution >= 0.6 is 0 Å². The van der Waals surface area contributed by atoms with Gasteiger partial charge >= 0.3 is 0 Å². The molecule has 1 saturated heterocycles. The summed E-state index contributed by atoms with van der Waals surface area (Å²) in [6.07, 6.45) is 1.82. The molecule has 2 aromatic rings. The van der Waals surface area contributed by atoms with Crippen molar-refractivity contribution in [2.24, 2.45) is 5.41 Å². The molecule has 1 atom stereocenters. The van der Waals surface area contributed by atoms with Crippen LogP contribution < -0.4 is 0 Å². The van der Waals surface area contributed by atoms with Crippen molar-refractivity contribution in [1.82, 2.24) is 14.9 Å². The zero-order valence-corrected chi connectivity index (χ0v) is 12.3. The van der Waals surface area contributed by atoms with Gasteiger partial charge < -0.3 is 9.88 Å². The fourth-order valence-electron chi connectivity index (χ4n) is 2.83. The van der Waals surface area contributed by atoms with Gasteiger partial charge in [0.2, 0.25) is 5.91 Å². The van der Waals surface area contributed by atoms with E-state index in [1.54, 1.807) is 18.7 Å². The van der Waals surface area contributed by atoms with Gasteiger partial charge in [-0.25, -0.2) is 4.98 Å². The number of fused-ring (bicyclic) bond motifs is 1. The third-order valence-electron chi connectivity index (χ3n) is 4.05. The number of benzene rings is 1. The van der Waals surface area contributed by atoms with Crippen molar-refractivity contribution >= 4 is 16.9 Å². The van der Waals surface area contributed by atoms with Crippen molar-refractivity contribution in [3.8, 4) is 6.07 Å². The van der Waals surface area contributed by atoms with E-state index in [0.717, 1.165) is 29.7 Å². The molecule has 5 heteroatoms. The molecule has 0 radical (unpaired) electrons. The number of imidazole rings is 1. The van der Waals surface area contributed by atoms with E-state index in [2.05, 4.69) is 16.0 Å². The number of nitrogens with one attached hydrogen (secondary N) is 1. The van der Waals surface area contributed by atoms with E-state index in [1.807, 2.05) is 24.3 Å². The molecule has 1 aliphatic heterocycles. The van der Waals surface area contributed by atoms with Crippen molar-refractivity contribution in [1.29, 1.82) is 5.26 Å². The van der Waals surface area contributed by atoms with Gasteiger partial charge in [-0.2, -0.15) is 5.26 Å². The molecule has 0 spiro atoms. The zero-order valence-electron chi connectivity index (χ0n) is 12.3. The first-order valence-corrected chi connectivity index (χ1v) is 7.20. The van der Waals surface area contributed by atoms with E-state index in [0.29, 0.717) is 6.54 Å². The summed E-state index contributed by atoms with van der Waals surface area (Å²) in [5.74, 6) is 0.698. The number of hydrogen-bond acceptors (Lipinski definition) is 3. The molecule has 1 fully saturated rings. The maximum absolute atomic E-state index is 12.6. The summed E-state index contributed by atoms with van der Waals surface area (Å²) >= 11 is 0.